The fraction of sp³-hybridized carbons (Fsp3) is 0.182. The van der Waals surface area contributed by atoms with Gasteiger partial charge in [0.15, 0.2) is 17.4 Å². The summed E-state index contributed by atoms with van der Waals surface area (Å²) in [6, 6.07) is 9.46. The summed E-state index contributed by atoms with van der Waals surface area (Å²) in [5, 5.41) is 0. The minimum absolute atomic E-state index is 0.292. The Labute approximate surface area is 174 Å². The van der Waals surface area contributed by atoms with Crippen molar-refractivity contribution in [3.05, 3.63) is 88.4 Å². The second-order valence-electron chi connectivity index (χ2n) is 7.44. The second kappa shape index (κ2) is 7.59. The average Bonchev–Trinajstić information content (AvgIpc) is 3.14. The normalized spacial score (nSPS) is 14.7. The van der Waals surface area contributed by atoms with Crippen LogP contribution in [-0.4, -0.2) is 38.5 Å². The maximum atomic E-state index is 13.7. The first-order valence-corrected chi connectivity index (χ1v) is 9.66. The molecule has 9 heteroatoms. The van der Waals surface area contributed by atoms with Crippen LogP contribution >= 0.6 is 0 Å². The number of likely N-dealkylation sites (tertiary alicyclic amines) is 1. The number of benzene rings is 2. The predicted molar refractivity (Wildman–Crippen MR) is 107 cm³/mol. The van der Waals surface area contributed by atoms with Gasteiger partial charge in [0.05, 0.1) is 6.20 Å². The largest absolute Gasteiger partial charge is 0.482 e. The van der Waals surface area contributed by atoms with Crippen LogP contribution in [0.25, 0.3) is 16.9 Å². The summed E-state index contributed by atoms with van der Waals surface area (Å²) in [5.41, 5.74) is 1.42. The summed E-state index contributed by atoms with van der Waals surface area (Å²) < 4.78 is 47.8. The van der Waals surface area contributed by atoms with Gasteiger partial charge in [0.2, 0.25) is 0 Å². The van der Waals surface area contributed by atoms with Crippen molar-refractivity contribution in [2.75, 3.05) is 13.1 Å². The van der Waals surface area contributed by atoms with Gasteiger partial charge in [-0.1, -0.05) is 6.07 Å². The van der Waals surface area contributed by atoms with Crippen LogP contribution in [0.5, 0.6) is 5.75 Å². The Morgan fingerprint density at radius 3 is 2.48 bits per heavy atom. The molecule has 3 heterocycles. The molecule has 1 aliphatic rings. The van der Waals surface area contributed by atoms with E-state index < -0.39 is 11.6 Å². The molecule has 0 bridgehead atoms. The topological polar surface area (TPSA) is 62.6 Å². The van der Waals surface area contributed by atoms with E-state index in [0.717, 1.165) is 12.1 Å². The number of aromatic nitrogens is 3. The zero-order valence-electron chi connectivity index (χ0n) is 16.2. The summed E-state index contributed by atoms with van der Waals surface area (Å²) >= 11 is 0. The van der Waals surface area contributed by atoms with Crippen LogP contribution in [0.4, 0.5) is 13.2 Å². The smallest absolute Gasteiger partial charge is 0.274 e. The van der Waals surface area contributed by atoms with Crippen molar-refractivity contribution < 1.29 is 17.9 Å². The molecule has 1 saturated heterocycles. The Kier molecular flexibility index (Phi) is 4.74. The Morgan fingerprint density at radius 2 is 1.77 bits per heavy atom. The van der Waals surface area contributed by atoms with Crippen LogP contribution in [0.1, 0.15) is 5.69 Å². The highest BCUT2D eigenvalue weighted by Gasteiger charge is 2.30. The summed E-state index contributed by atoms with van der Waals surface area (Å²) in [7, 11) is 0. The summed E-state index contributed by atoms with van der Waals surface area (Å²) in [6.45, 7) is 1.34. The van der Waals surface area contributed by atoms with Crippen LogP contribution in [0, 0.1) is 17.5 Å². The molecule has 2 aromatic carbocycles. The number of hydrogen-bond donors (Lipinski definition) is 1. The van der Waals surface area contributed by atoms with Crippen molar-refractivity contribution in [1.29, 1.82) is 0 Å². The Balaban J connectivity index is 1.32. The Morgan fingerprint density at radius 1 is 1.06 bits per heavy atom. The van der Waals surface area contributed by atoms with Gasteiger partial charge in [0.1, 0.15) is 23.3 Å². The number of aromatic amines is 1. The van der Waals surface area contributed by atoms with E-state index in [1.165, 1.54) is 24.4 Å². The van der Waals surface area contributed by atoms with E-state index in [1.807, 2.05) is 4.90 Å². The molecule has 2 aromatic heterocycles. The molecule has 0 spiro atoms. The number of rotatable bonds is 5. The first kappa shape index (κ1) is 19.4. The number of fused-ring (bicyclic) bond motifs is 1. The van der Waals surface area contributed by atoms with E-state index in [9.17, 15) is 18.0 Å². The molecule has 0 unspecified atom stereocenters. The third-order valence-corrected chi connectivity index (χ3v) is 5.21. The number of imidazole rings is 1. The molecule has 1 aliphatic heterocycles. The first-order chi connectivity index (χ1) is 15.0. The summed E-state index contributed by atoms with van der Waals surface area (Å²) in [5.74, 6) is -1.66. The van der Waals surface area contributed by atoms with Gasteiger partial charge in [-0.3, -0.25) is 14.1 Å². The molecule has 1 fully saturated rings. The van der Waals surface area contributed by atoms with Crippen molar-refractivity contribution in [3.63, 3.8) is 0 Å². The standard InChI is InChI=1S/C22H17F3N4O2/c23-14-6-4-13(5-7-14)21-26-8-19-22(30)27-15(10-29(19)21)9-28-11-16(12-28)31-20-17(24)2-1-3-18(20)25/h1-8,10,16H,9,11-12H2,(H,27,30). The fourth-order valence-electron chi connectivity index (χ4n) is 3.68. The first-order valence-electron chi connectivity index (χ1n) is 9.66. The molecular weight excluding hydrogens is 409 g/mol. The number of ether oxygens (including phenoxy) is 1. The zero-order valence-corrected chi connectivity index (χ0v) is 16.2. The number of halogens is 3. The van der Waals surface area contributed by atoms with E-state index in [4.69, 9.17) is 4.74 Å². The van der Waals surface area contributed by atoms with Crippen molar-refractivity contribution in [2.24, 2.45) is 0 Å². The minimum atomic E-state index is -0.735. The number of nitrogens with zero attached hydrogens (tertiary/aromatic N) is 3. The highest BCUT2D eigenvalue weighted by molar-refractivity contribution is 5.61. The van der Waals surface area contributed by atoms with Crippen molar-refractivity contribution in [3.8, 4) is 17.1 Å². The second-order valence-corrected chi connectivity index (χ2v) is 7.44. The van der Waals surface area contributed by atoms with E-state index in [2.05, 4.69) is 9.97 Å². The number of nitrogens with one attached hydrogen (secondary N) is 1. The maximum absolute atomic E-state index is 13.7. The SMILES string of the molecule is O=c1[nH]c(CN2CC(Oc3c(F)cccc3F)C2)cn2c(-c3ccc(F)cc3)ncc12. The lowest BCUT2D eigenvalue weighted by Crippen LogP contribution is -2.53. The van der Waals surface area contributed by atoms with Crippen molar-refractivity contribution in [2.45, 2.75) is 12.6 Å². The molecular formula is C22H17F3N4O2. The van der Waals surface area contributed by atoms with Gasteiger partial charge >= 0.3 is 0 Å². The van der Waals surface area contributed by atoms with E-state index in [1.54, 1.807) is 22.7 Å². The molecule has 0 saturated carbocycles. The zero-order chi connectivity index (χ0) is 21.5. The van der Waals surface area contributed by atoms with Gasteiger partial charge < -0.3 is 9.72 Å². The highest BCUT2D eigenvalue weighted by atomic mass is 19.1. The summed E-state index contributed by atoms with van der Waals surface area (Å²) in [6.07, 6.45) is 2.90. The Bertz CT molecular complexity index is 1290. The van der Waals surface area contributed by atoms with Gasteiger partial charge in [-0.25, -0.2) is 18.2 Å². The van der Waals surface area contributed by atoms with Crippen LogP contribution in [0.3, 0.4) is 0 Å². The van der Waals surface area contributed by atoms with E-state index >= 15 is 0 Å². The average molecular weight is 426 g/mol. The number of H-pyrrole nitrogens is 1. The van der Waals surface area contributed by atoms with Crippen molar-refractivity contribution in [1.82, 2.24) is 19.3 Å². The molecule has 0 radical (unpaired) electrons. The number of hydrogen-bond acceptors (Lipinski definition) is 4. The molecule has 0 amide bonds. The van der Waals surface area contributed by atoms with Gasteiger partial charge in [0, 0.05) is 37.1 Å². The molecule has 6 nitrogen and oxygen atoms in total. The third kappa shape index (κ3) is 3.68. The monoisotopic (exact) mass is 426 g/mol. The highest BCUT2D eigenvalue weighted by Crippen LogP contribution is 2.25. The molecule has 1 N–H and O–H groups in total. The predicted octanol–water partition coefficient (Wildman–Crippen LogP) is 3.37. The van der Waals surface area contributed by atoms with E-state index in [0.29, 0.717) is 42.2 Å². The lowest BCUT2D eigenvalue weighted by Gasteiger charge is -2.38. The minimum Gasteiger partial charge on any atom is -0.482 e. The number of para-hydroxylation sites is 1. The van der Waals surface area contributed by atoms with Crippen molar-refractivity contribution >= 4 is 5.52 Å². The molecule has 5 rings (SSSR count). The molecule has 4 aromatic rings. The van der Waals surface area contributed by atoms with Crippen LogP contribution in [-0.2, 0) is 6.54 Å². The lowest BCUT2D eigenvalue weighted by atomic mass is 10.1. The van der Waals surface area contributed by atoms with Gasteiger partial charge in [-0.15, -0.1) is 0 Å². The fourth-order valence-corrected chi connectivity index (χ4v) is 3.68. The van der Waals surface area contributed by atoms with Crippen LogP contribution in [0.15, 0.2) is 59.7 Å². The maximum Gasteiger partial charge on any atom is 0.274 e. The molecule has 0 atom stereocenters. The third-order valence-electron chi connectivity index (χ3n) is 5.21. The Hall–Kier alpha value is -3.59. The molecule has 0 aliphatic carbocycles. The van der Waals surface area contributed by atoms with Gasteiger partial charge in [-0.2, -0.15) is 0 Å². The molecule has 158 valence electrons. The van der Waals surface area contributed by atoms with E-state index in [-0.39, 0.29) is 23.2 Å². The lowest BCUT2D eigenvalue weighted by molar-refractivity contribution is 0.00910. The summed E-state index contributed by atoms with van der Waals surface area (Å²) in [4.78, 5) is 21.6. The van der Waals surface area contributed by atoms with Crippen LogP contribution in [0.2, 0.25) is 0 Å². The quantitative estimate of drug-likeness (QED) is 0.532. The van der Waals surface area contributed by atoms with Crippen LogP contribution < -0.4 is 10.3 Å². The van der Waals surface area contributed by atoms with Gasteiger partial charge in [0.25, 0.3) is 5.56 Å². The van der Waals surface area contributed by atoms with Gasteiger partial charge in [-0.05, 0) is 36.4 Å². The molecule has 31 heavy (non-hydrogen) atoms.